The van der Waals surface area contributed by atoms with Crippen LogP contribution in [0.15, 0.2) is 12.4 Å². The number of aromatic nitrogens is 2. The van der Waals surface area contributed by atoms with Crippen LogP contribution in [0.5, 0.6) is 0 Å². The smallest absolute Gasteiger partial charge is 0.254 e. The molecule has 0 radical (unpaired) electrons. The summed E-state index contributed by atoms with van der Waals surface area (Å²) in [4.78, 5) is 27.8. The van der Waals surface area contributed by atoms with Crippen molar-refractivity contribution in [3.05, 3.63) is 18.0 Å². The van der Waals surface area contributed by atoms with Gasteiger partial charge in [-0.25, -0.2) is 0 Å². The topological polar surface area (TPSA) is 67.2 Å². The number of nitrogens with zero attached hydrogens (tertiary/aromatic N) is 3. The van der Waals surface area contributed by atoms with Crippen molar-refractivity contribution in [1.29, 1.82) is 0 Å². The van der Waals surface area contributed by atoms with E-state index in [1.165, 1.54) is 6.42 Å². The summed E-state index contributed by atoms with van der Waals surface area (Å²) in [5, 5.41) is 7.74. The molecule has 140 valence electrons. The molecular formula is C20H28N4O2. The van der Waals surface area contributed by atoms with Crippen molar-refractivity contribution >= 4 is 11.8 Å². The second kappa shape index (κ2) is 6.10. The van der Waals surface area contributed by atoms with Crippen LogP contribution in [0.2, 0.25) is 0 Å². The number of carbonyl (C=O) groups excluding carboxylic acids is 2. The van der Waals surface area contributed by atoms with E-state index in [9.17, 15) is 9.59 Å². The Kier molecular flexibility index (Phi) is 3.83. The molecule has 1 N–H and O–H groups in total. The highest BCUT2D eigenvalue weighted by atomic mass is 16.2. The SMILES string of the molecule is O=C(NC12CCCCCC1N(C(=O)C1CC1)CC2)c1cnn(C2CC2)c1. The second-order valence-corrected chi connectivity index (χ2v) is 8.72. The molecule has 1 aliphatic heterocycles. The molecule has 2 unspecified atom stereocenters. The van der Waals surface area contributed by atoms with Crippen LogP contribution in [0.25, 0.3) is 0 Å². The standard InChI is InChI=1S/C20H28N4O2/c25-18(15-12-21-24(13-15)16-7-8-16)22-20-9-3-1-2-4-17(20)23(11-10-20)19(26)14-5-6-14/h12-14,16-17H,1-11H2,(H,22,25). The summed E-state index contributed by atoms with van der Waals surface area (Å²) in [5.74, 6) is 0.556. The number of fused-ring (bicyclic) bond motifs is 1. The summed E-state index contributed by atoms with van der Waals surface area (Å²) < 4.78 is 1.93. The highest BCUT2D eigenvalue weighted by molar-refractivity contribution is 5.94. The lowest BCUT2D eigenvalue weighted by molar-refractivity contribution is -0.134. The molecule has 4 fully saturated rings. The van der Waals surface area contributed by atoms with Gasteiger partial charge in [0.2, 0.25) is 5.91 Å². The second-order valence-electron chi connectivity index (χ2n) is 8.72. The Bertz CT molecular complexity index is 721. The number of hydrogen-bond acceptors (Lipinski definition) is 3. The fraction of sp³-hybridized carbons (Fsp3) is 0.750. The van der Waals surface area contributed by atoms with Crippen molar-refractivity contribution in [2.75, 3.05) is 6.54 Å². The summed E-state index contributed by atoms with van der Waals surface area (Å²) in [6.45, 7) is 0.793. The number of amides is 2. The van der Waals surface area contributed by atoms with Crippen LogP contribution in [0, 0.1) is 5.92 Å². The summed E-state index contributed by atoms with van der Waals surface area (Å²) in [7, 11) is 0. The Morgan fingerprint density at radius 2 is 1.92 bits per heavy atom. The molecule has 6 nitrogen and oxygen atoms in total. The maximum atomic E-state index is 13.0. The number of nitrogens with one attached hydrogen (secondary N) is 1. The van der Waals surface area contributed by atoms with Gasteiger partial charge in [0.15, 0.2) is 0 Å². The Morgan fingerprint density at radius 3 is 2.69 bits per heavy atom. The summed E-state index contributed by atoms with van der Waals surface area (Å²) in [5.41, 5.74) is 0.404. The van der Waals surface area contributed by atoms with Crippen LogP contribution < -0.4 is 5.32 Å². The molecule has 26 heavy (non-hydrogen) atoms. The Morgan fingerprint density at radius 1 is 1.08 bits per heavy atom. The molecule has 2 heterocycles. The molecule has 0 spiro atoms. The van der Waals surface area contributed by atoms with Gasteiger partial charge in [0, 0.05) is 18.7 Å². The van der Waals surface area contributed by atoms with Crippen molar-refractivity contribution in [3.8, 4) is 0 Å². The van der Waals surface area contributed by atoms with Gasteiger partial charge >= 0.3 is 0 Å². The van der Waals surface area contributed by atoms with Gasteiger partial charge in [-0.1, -0.05) is 19.3 Å². The monoisotopic (exact) mass is 356 g/mol. The molecule has 0 bridgehead atoms. The first-order valence-electron chi connectivity index (χ1n) is 10.3. The van der Waals surface area contributed by atoms with Gasteiger partial charge in [-0.15, -0.1) is 0 Å². The van der Waals surface area contributed by atoms with E-state index in [0.717, 1.165) is 64.3 Å². The van der Waals surface area contributed by atoms with Crippen molar-refractivity contribution < 1.29 is 9.59 Å². The molecule has 2 atom stereocenters. The highest BCUT2D eigenvalue weighted by Gasteiger charge is 2.51. The van der Waals surface area contributed by atoms with Crippen LogP contribution in [-0.2, 0) is 4.79 Å². The van der Waals surface area contributed by atoms with E-state index in [-0.39, 0.29) is 23.4 Å². The Labute approximate surface area is 154 Å². The maximum Gasteiger partial charge on any atom is 0.254 e. The molecule has 1 saturated heterocycles. The fourth-order valence-electron chi connectivity index (χ4n) is 4.95. The molecular weight excluding hydrogens is 328 g/mol. The number of carbonyl (C=O) groups is 2. The summed E-state index contributed by atoms with van der Waals surface area (Å²) >= 11 is 0. The van der Waals surface area contributed by atoms with Crippen molar-refractivity contribution in [2.24, 2.45) is 5.92 Å². The molecule has 3 aliphatic carbocycles. The first kappa shape index (κ1) is 16.3. The lowest BCUT2D eigenvalue weighted by Crippen LogP contribution is -2.57. The van der Waals surface area contributed by atoms with Crippen molar-refractivity contribution in [1.82, 2.24) is 20.0 Å². The van der Waals surface area contributed by atoms with Gasteiger partial charge in [0.25, 0.3) is 5.91 Å². The van der Waals surface area contributed by atoms with Gasteiger partial charge < -0.3 is 10.2 Å². The largest absolute Gasteiger partial charge is 0.344 e. The summed E-state index contributed by atoms with van der Waals surface area (Å²) in [6.07, 6.45) is 14.3. The quantitative estimate of drug-likeness (QED) is 0.902. The van der Waals surface area contributed by atoms with E-state index in [0.29, 0.717) is 17.5 Å². The van der Waals surface area contributed by atoms with Crippen LogP contribution in [-0.4, -0.2) is 44.6 Å². The minimum atomic E-state index is -0.250. The number of rotatable bonds is 4. The van der Waals surface area contributed by atoms with Crippen LogP contribution in [0.4, 0.5) is 0 Å². The zero-order chi connectivity index (χ0) is 17.7. The minimum absolute atomic E-state index is 0.0236. The number of hydrogen-bond donors (Lipinski definition) is 1. The zero-order valence-corrected chi connectivity index (χ0v) is 15.3. The van der Waals surface area contributed by atoms with E-state index < -0.39 is 0 Å². The van der Waals surface area contributed by atoms with Crippen LogP contribution in [0.1, 0.15) is 80.6 Å². The van der Waals surface area contributed by atoms with Gasteiger partial charge in [0.05, 0.1) is 29.4 Å². The minimum Gasteiger partial charge on any atom is -0.344 e. The Balaban J connectivity index is 1.36. The molecule has 1 aromatic heterocycles. The predicted molar refractivity (Wildman–Crippen MR) is 96.6 cm³/mol. The molecule has 1 aromatic rings. The third kappa shape index (κ3) is 2.83. The van der Waals surface area contributed by atoms with Gasteiger partial charge in [-0.2, -0.15) is 5.10 Å². The van der Waals surface area contributed by atoms with Crippen molar-refractivity contribution in [2.45, 2.75) is 81.8 Å². The molecule has 5 rings (SSSR count). The van der Waals surface area contributed by atoms with E-state index in [4.69, 9.17) is 0 Å². The Hall–Kier alpha value is -1.85. The average molecular weight is 356 g/mol. The van der Waals surface area contributed by atoms with Crippen LogP contribution in [0.3, 0.4) is 0 Å². The first-order chi connectivity index (χ1) is 12.7. The van der Waals surface area contributed by atoms with Crippen LogP contribution >= 0.6 is 0 Å². The van der Waals surface area contributed by atoms with Gasteiger partial charge in [-0.3, -0.25) is 14.3 Å². The molecule has 4 aliphatic rings. The lowest BCUT2D eigenvalue weighted by Gasteiger charge is -2.37. The van der Waals surface area contributed by atoms with Crippen molar-refractivity contribution in [3.63, 3.8) is 0 Å². The molecule has 6 heteroatoms. The summed E-state index contributed by atoms with van der Waals surface area (Å²) in [6, 6.07) is 0.652. The third-order valence-electron chi connectivity index (χ3n) is 6.77. The van der Waals surface area contributed by atoms with Gasteiger partial charge in [-0.05, 0) is 44.9 Å². The zero-order valence-electron chi connectivity index (χ0n) is 15.3. The van der Waals surface area contributed by atoms with Gasteiger partial charge in [0.1, 0.15) is 0 Å². The lowest BCUT2D eigenvalue weighted by atomic mass is 9.85. The molecule has 0 aromatic carbocycles. The van der Waals surface area contributed by atoms with E-state index in [1.807, 2.05) is 10.9 Å². The van der Waals surface area contributed by atoms with E-state index >= 15 is 0 Å². The predicted octanol–water partition coefficient (Wildman–Crippen LogP) is 2.66. The average Bonchev–Trinajstić information content (AvgIpc) is 3.56. The maximum absolute atomic E-state index is 13.0. The van der Waals surface area contributed by atoms with E-state index in [2.05, 4.69) is 15.3 Å². The normalized spacial score (nSPS) is 31.4. The first-order valence-corrected chi connectivity index (χ1v) is 10.3. The van der Waals surface area contributed by atoms with E-state index in [1.54, 1.807) is 6.20 Å². The number of likely N-dealkylation sites (tertiary alicyclic amines) is 1. The highest BCUT2D eigenvalue weighted by Crippen LogP contribution is 2.42. The fourth-order valence-corrected chi connectivity index (χ4v) is 4.95. The molecule has 3 saturated carbocycles. The third-order valence-corrected chi connectivity index (χ3v) is 6.77. The molecule has 2 amide bonds.